The number of rotatable bonds is 14. The number of aliphatic carboxylic acids is 3. The molecular formula is C26H43N7O10. The number of hydrogen-bond donors (Lipinski definition) is 5. The predicted octanol–water partition coefficient (Wildman–Crippen LogP) is -3.36. The Morgan fingerprint density at radius 2 is 1.19 bits per heavy atom. The van der Waals surface area contributed by atoms with E-state index in [0.29, 0.717) is 0 Å². The summed E-state index contributed by atoms with van der Waals surface area (Å²) in [6, 6.07) is -0.768. The number of nitrogens with zero attached hydrogens (tertiary/aromatic N) is 5. The first-order chi connectivity index (χ1) is 20.2. The summed E-state index contributed by atoms with van der Waals surface area (Å²) in [5.74, 6) is -5.32. The highest BCUT2D eigenvalue weighted by atomic mass is 16.4. The van der Waals surface area contributed by atoms with Crippen LogP contribution in [0.3, 0.4) is 0 Å². The molecule has 0 aliphatic carbocycles. The Kier molecular flexibility index (Phi) is 16.6. The summed E-state index contributed by atoms with van der Waals surface area (Å²) in [4.78, 5) is 90.3. The van der Waals surface area contributed by atoms with Crippen molar-refractivity contribution in [1.29, 1.82) is 0 Å². The Hall–Kier alpha value is -3.93. The van der Waals surface area contributed by atoms with Crippen molar-refractivity contribution in [2.75, 3.05) is 91.6 Å². The van der Waals surface area contributed by atoms with E-state index in [1.165, 1.54) is 6.92 Å². The third-order valence-electron chi connectivity index (χ3n) is 6.78. The average molecular weight is 614 g/mol. The summed E-state index contributed by atoms with van der Waals surface area (Å²) < 4.78 is 0. The second-order valence-electron chi connectivity index (χ2n) is 10.0. The third kappa shape index (κ3) is 15.2. The van der Waals surface area contributed by atoms with Gasteiger partial charge >= 0.3 is 17.9 Å². The summed E-state index contributed by atoms with van der Waals surface area (Å²) in [5, 5.41) is 33.0. The molecule has 0 bridgehead atoms. The maximum absolute atomic E-state index is 13.0. The molecule has 1 saturated heterocycles. The normalized spacial score (nSPS) is 17.0. The highest BCUT2D eigenvalue weighted by Gasteiger charge is 2.25. The number of hydrogen-bond acceptors (Lipinski definition) is 11. The van der Waals surface area contributed by atoms with Gasteiger partial charge in [-0.2, -0.15) is 0 Å². The first-order valence-corrected chi connectivity index (χ1v) is 13.8. The SMILES string of the molecule is C=CC(=O)N(CCNC(=O)CNC(=O)C(C)N1CCN(CC(=O)O)CCN(CC(=O)O)CCN(CC(=O)O)CC1)C(C)=O. The maximum Gasteiger partial charge on any atom is 0.317 e. The molecule has 0 saturated carbocycles. The Morgan fingerprint density at radius 3 is 1.56 bits per heavy atom. The summed E-state index contributed by atoms with van der Waals surface area (Å²) in [5.41, 5.74) is 0. The van der Waals surface area contributed by atoms with E-state index in [0.717, 1.165) is 11.0 Å². The van der Waals surface area contributed by atoms with Crippen LogP contribution in [0, 0.1) is 0 Å². The van der Waals surface area contributed by atoms with Crippen LogP contribution in [0.15, 0.2) is 12.7 Å². The fourth-order valence-corrected chi connectivity index (χ4v) is 4.37. The van der Waals surface area contributed by atoms with Crippen LogP contribution in [-0.2, 0) is 33.6 Å². The molecule has 1 aliphatic rings. The van der Waals surface area contributed by atoms with Gasteiger partial charge in [0.1, 0.15) is 0 Å². The van der Waals surface area contributed by atoms with Crippen molar-refractivity contribution in [2.45, 2.75) is 19.9 Å². The number of carboxylic acid groups (broad SMARTS) is 3. The molecule has 1 unspecified atom stereocenters. The van der Waals surface area contributed by atoms with Gasteiger partial charge < -0.3 is 26.0 Å². The molecule has 1 atom stereocenters. The van der Waals surface area contributed by atoms with Gasteiger partial charge in [-0.1, -0.05) is 6.58 Å². The summed E-state index contributed by atoms with van der Waals surface area (Å²) in [7, 11) is 0. The van der Waals surface area contributed by atoms with Crippen LogP contribution in [0.4, 0.5) is 0 Å². The smallest absolute Gasteiger partial charge is 0.317 e. The molecule has 1 aliphatic heterocycles. The van der Waals surface area contributed by atoms with E-state index in [1.807, 2.05) is 0 Å². The minimum atomic E-state index is -1.06. The Balaban J connectivity index is 2.88. The van der Waals surface area contributed by atoms with Crippen molar-refractivity contribution in [3.05, 3.63) is 12.7 Å². The molecule has 4 amide bonds. The Labute approximate surface area is 250 Å². The zero-order valence-electron chi connectivity index (χ0n) is 24.7. The topological polar surface area (TPSA) is 220 Å². The molecule has 0 spiro atoms. The lowest BCUT2D eigenvalue weighted by atomic mass is 10.2. The molecule has 1 heterocycles. The lowest BCUT2D eigenvalue weighted by Crippen LogP contribution is -2.53. The lowest BCUT2D eigenvalue weighted by molar-refractivity contribution is -0.141. The predicted molar refractivity (Wildman–Crippen MR) is 152 cm³/mol. The first kappa shape index (κ1) is 37.1. The average Bonchev–Trinajstić information content (AvgIpc) is 2.92. The van der Waals surface area contributed by atoms with Crippen molar-refractivity contribution in [1.82, 2.24) is 35.1 Å². The van der Waals surface area contributed by atoms with Gasteiger partial charge in [-0.15, -0.1) is 0 Å². The van der Waals surface area contributed by atoms with Gasteiger partial charge in [0.25, 0.3) is 5.91 Å². The van der Waals surface area contributed by atoms with E-state index in [1.54, 1.807) is 26.5 Å². The van der Waals surface area contributed by atoms with Crippen LogP contribution < -0.4 is 10.6 Å². The van der Waals surface area contributed by atoms with Gasteiger partial charge in [0.05, 0.1) is 32.2 Å². The molecule has 1 fully saturated rings. The fraction of sp³-hybridized carbons (Fsp3) is 0.654. The monoisotopic (exact) mass is 613 g/mol. The largest absolute Gasteiger partial charge is 0.480 e. The molecule has 17 heteroatoms. The Bertz CT molecular complexity index is 992. The van der Waals surface area contributed by atoms with Crippen LogP contribution in [0.1, 0.15) is 13.8 Å². The molecule has 242 valence electrons. The molecule has 0 aromatic rings. The van der Waals surface area contributed by atoms with E-state index in [4.69, 9.17) is 0 Å². The molecule has 1 rings (SSSR count). The van der Waals surface area contributed by atoms with E-state index >= 15 is 0 Å². The van der Waals surface area contributed by atoms with Gasteiger partial charge in [0, 0.05) is 72.4 Å². The number of carbonyl (C=O) groups excluding carboxylic acids is 4. The second kappa shape index (κ2) is 19.3. The Morgan fingerprint density at radius 1 is 0.767 bits per heavy atom. The standard InChI is InChI=1S/C26H43N7O10/c1-4-22(36)33(20(3)34)6-5-27-21(35)15-28-26(43)19(2)32-13-11-30(17-24(39)40)9-7-29(16-23(37)38)8-10-31(12-14-32)18-25(41)42/h4,19H,1,5-18H2,2-3H3,(H,27,35)(H,28,43)(H,37,38)(H,39,40)(H,41,42). The minimum Gasteiger partial charge on any atom is -0.480 e. The van der Waals surface area contributed by atoms with E-state index < -0.39 is 47.6 Å². The molecule has 0 aromatic heterocycles. The van der Waals surface area contributed by atoms with Crippen molar-refractivity contribution >= 4 is 41.5 Å². The minimum absolute atomic E-state index is 0.0295. The molecule has 0 radical (unpaired) electrons. The molecule has 43 heavy (non-hydrogen) atoms. The summed E-state index contributed by atoms with van der Waals surface area (Å²) in [6.45, 7) is 6.75. The quantitative estimate of drug-likeness (QED) is 0.121. The zero-order chi connectivity index (χ0) is 32.5. The number of nitrogens with one attached hydrogen (secondary N) is 2. The first-order valence-electron chi connectivity index (χ1n) is 13.8. The van der Waals surface area contributed by atoms with E-state index in [2.05, 4.69) is 17.2 Å². The third-order valence-corrected chi connectivity index (χ3v) is 6.78. The van der Waals surface area contributed by atoms with Gasteiger partial charge in [-0.3, -0.25) is 58.1 Å². The lowest BCUT2D eigenvalue weighted by Gasteiger charge is -2.35. The van der Waals surface area contributed by atoms with Crippen LogP contribution in [0.2, 0.25) is 0 Å². The van der Waals surface area contributed by atoms with Crippen molar-refractivity contribution in [3.8, 4) is 0 Å². The van der Waals surface area contributed by atoms with Crippen molar-refractivity contribution in [3.63, 3.8) is 0 Å². The van der Waals surface area contributed by atoms with Gasteiger partial charge in [0.15, 0.2) is 0 Å². The number of imide groups is 1. The van der Waals surface area contributed by atoms with Gasteiger partial charge in [-0.25, -0.2) is 0 Å². The molecule has 0 aromatic carbocycles. The van der Waals surface area contributed by atoms with Crippen molar-refractivity contribution < 1.29 is 48.9 Å². The second-order valence-corrected chi connectivity index (χ2v) is 10.0. The van der Waals surface area contributed by atoms with Gasteiger partial charge in [-0.05, 0) is 13.0 Å². The highest BCUT2D eigenvalue weighted by Crippen LogP contribution is 2.05. The van der Waals surface area contributed by atoms with E-state index in [-0.39, 0.29) is 91.6 Å². The number of amides is 4. The molecular weight excluding hydrogens is 570 g/mol. The number of carbonyl (C=O) groups is 7. The van der Waals surface area contributed by atoms with Crippen molar-refractivity contribution in [2.24, 2.45) is 0 Å². The summed E-state index contributed by atoms with van der Waals surface area (Å²) in [6.07, 6.45) is 0.985. The van der Waals surface area contributed by atoms with Gasteiger partial charge in [0.2, 0.25) is 17.7 Å². The molecule has 5 N–H and O–H groups in total. The van der Waals surface area contributed by atoms with Crippen LogP contribution in [0.5, 0.6) is 0 Å². The summed E-state index contributed by atoms with van der Waals surface area (Å²) >= 11 is 0. The van der Waals surface area contributed by atoms with Crippen LogP contribution in [0.25, 0.3) is 0 Å². The van der Waals surface area contributed by atoms with Crippen LogP contribution >= 0.6 is 0 Å². The number of carboxylic acids is 3. The fourth-order valence-electron chi connectivity index (χ4n) is 4.37. The zero-order valence-corrected chi connectivity index (χ0v) is 24.7. The maximum atomic E-state index is 13.0. The van der Waals surface area contributed by atoms with Crippen LogP contribution in [-0.4, -0.2) is 179 Å². The van der Waals surface area contributed by atoms with E-state index in [9.17, 15) is 48.9 Å². The highest BCUT2D eigenvalue weighted by molar-refractivity contribution is 5.99. The molecule has 17 nitrogen and oxygen atoms in total.